The highest BCUT2D eigenvalue weighted by Crippen LogP contribution is 2.22. The lowest BCUT2D eigenvalue weighted by molar-refractivity contribution is -0.132. The average Bonchev–Trinajstić information content (AvgIpc) is 2.83. The topological polar surface area (TPSA) is 72.9 Å². The zero-order chi connectivity index (χ0) is 16.1. The van der Waals surface area contributed by atoms with Crippen LogP contribution >= 0.6 is 0 Å². The van der Waals surface area contributed by atoms with E-state index in [2.05, 4.69) is 4.98 Å². The van der Waals surface area contributed by atoms with E-state index in [1.54, 1.807) is 4.90 Å². The van der Waals surface area contributed by atoms with Crippen molar-refractivity contribution >= 4 is 11.6 Å². The summed E-state index contributed by atoms with van der Waals surface area (Å²) in [6.07, 6.45) is 2.70. The van der Waals surface area contributed by atoms with Crippen LogP contribution in [0.15, 0.2) is 18.3 Å². The molecule has 22 heavy (non-hydrogen) atoms. The first-order chi connectivity index (χ1) is 10.6. The number of ether oxygens (including phenoxy) is 1. The smallest absolute Gasteiger partial charge is 0.260 e. The van der Waals surface area contributed by atoms with E-state index in [9.17, 15) is 4.79 Å². The van der Waals surface area contributed by atoms with Gasteiger partial charge >= 0.3 is 0 Å². The quantitative estimate of drug-likeness (QED) is 0.839. The molecule has 2 heterocycles. The van der Waals surface area contributed by atoms with Crippen LogP contribution in [-0.4, -0.2) is 46.4 Å². The molecule has 0 aromatic carbocycles. The number of nitrogens with zero attached hydrogens (tertiary/aromatic N) is 3. The Balaban J connectivity index is 2.22. The van der Waals surface area contributed by atoms with Crippen molar-refractivity contribution in [3.8, 4) is 5.75 Å². The third kappa shape index (κ3) is 3.22. The molecular formula is C16H24N4O2. The van der Waals surface area contributed by atoms with Gasteiger partial charge in [-0.05, 0) is 39.4 Å². The molecule has 0 bridgehead atoms. The van der Waals surface area contributed by atoms with Gasteiger partial charge in [0, 0.05) is 31.4 Å². The van der Waals surface area contributed by atoms with Gasteiger partial charge in [-0.1, -0.05) is 0 Å². The second-order valence-corrected chi connectivity index (χ2v) is 5.10. The number of nitrogens with two attached hydrogens (primary N) is 1. The van der Waals surface area contributed by atoms with Crippen LogP contribution in [0.25, 0.3) is 5.65 Å². The predicted molar refractivity (Wildman–Crippen MR) is 86.1 cm³/mol. The molecule has 2 N–H and O–H groups in total. The molecule has 0 aliphatic carbocycles. The molecule has 0 unspecified atom stereocenters. The lowest BCUT2D eigenvalue weighted by atomic mass is 10.2. The van der Waals surface area contributed by atoms with E-state index in [1.165, 1.54) is 0 Å². The number of rotatable bonds is 7. The first-order valence-electron chi connectivity index (χ1n) is 7.69. The fraction of sp³-hybridized carbons (Fsp3) is 0.500. The molecule has 0 atom stereocenters. The second-order valence-electron chi connectivity index (χ2n) is 5.10. The molecular weight excluding hydrogens is 280 g/mol. The summed E-state index contributed by atoms with van der Waals surface area (Å²) < 4.78 is 7.69. The second kappa shape index (κ2) is 7.26. The van der Waals surface area contributed by atoms with E-state index in [0.717, 1.165) is 23.5 Å². The number of carbonyl (C=O) groups is 1. The first-order valence-corrected chi connectivity index (χ1v) is 7.69. The van der Waals surface area contributed by atoms with Gasteiger partial charge in [0.05, 0.1) is 5.69 Å². The molecule has 0 aliphatic rings. The van der Waals surface area contributed by atoms with E-state index >= 15 is 0 Å². The zero-order valence-electron chi connectivity index (χ0n) is 13.5. The van der Waals surface area contributed by atoms with Gasteiger partial charge in [0.2, 0.25) is 0 Å². The largest absolute Gasteiger partial charge is 0.480 e. The molecule has 120 valence electrons. The van der Waals surface area contributed by atoms with Gasteiger partial charge in [-0.3, -0.25) is 4.79 Å². The van der Waals surface area contributed by atoms with Gasteiger partial charge in [-0.15, -0.1) is 0 Å². The predicted octanol–water partition coefficient (Wildman–Crippen LogP) is 1.39. The van der Waals surface area contributed by atoms with Crippen LogP contribution in [0.2, 0.25) is 0 Å². The van der Waals surface area contributed by atoms with Crippen LogP contribution in [0.4, 0.5) is 0 Å². The number of aryl methyl sites for hydroxylation is 1. The molecule has 6 heteroatoms. The molecule has 0 saturated carbocycles. The highest BCUT2D eigenvalue weighted by atomic mass is 16.5. The van der Waals surface area contributed by atoms with Gasteiger partial charge < -0.3 is 19.8 Å². The van der Waals surface area contributed by atoms with E-state index < -0.39 is 0 Å². The maximum atomic E-state index is 12.0. The van der Waals surface area contributed by atoms with E-state index in [4.69, 9.17) is 10.5 Å². The number of imidazole rings is 1. The van der Waals surface area contributed by atoms with E-state index in [1.807, 2.05) is 43.5 Å². The normalized spacial score (nSPS) is 10.9. The molecule has 0 saturated heterocycles. The Morgan fingerprint density at radius 1 is 1.41 bits per heavy atom. The molecule has 2 aromatic heterocycles. The van der Waals surface area contributed by atoms with Gasteiger partial charge in [0.15, 0.2) is 18.0 Å². The number of hydrogen-bond acceptors (Lipinski definition) is 4. The van der Waals surface area contributed by atoms with Crippen molar-refractivity contribution in [3.63, 3.8) is 0 Å². The van der Waals surface area contributed by atoms with Crippen molar-refractivity contribution in [2.24, 2.45) is 5.73 Å². The van der Waals surface area contributed by atoms with Crippen LogP contribution in [0.5, 0.6) is 5.75 Å². The molecule has 0 aliphatic heterocycles. The number of pyridine rings is 1. The minimum absolute atomic E-state index is 0.0162. The van der Waals surface area contributed by atoms with Crippen LogP contribution in [-0.2, 0) is 11.2 Å². The average molecular weight is 304 g/mol. The summed E-state index contributed by atoms with van der Waals surface area (Å²) in [5.74, 6) is 0.604. The Kier molecular flexibility index (Phi) is 5.38. The third-order valence-electron chi connectivity index (χ3n) is 3.76. The maximum absolute atomic E-state index is 12.0. The summed E-state index contributed by atoms with van der Waals surface area (Å²) in [5.41, 5.74) is 8.41. The third-order valence-corrected chi connectivity index (χ3v) is 3.76. The summed E-state index contributed by atoms with van der Waals surface area (Å²) in [4.78, 5) is 18.3. The van der Waals surface area contributed by atoms with E-state index in [-0.39, 0.29) is 12.5 Å². The minimum atomic E-state index is -0.0162. The summed E-state index contributed by atoms with van der Waals surface area (Å²) in [7, 11) is 0. The molecule has 0 fully saturated rings. The Labute approximate surface area is 130 Å². The fourth-order valence-corrected chi connectivity index (χ4v) is 2.56. The van der Waals surface area contributed by atoms with Gasteiger partial charge in [-0.25, -0.2) is 4.98 Å². The first kappa shape index (κ1) is 16.3. The van der Waals surface area contributed by atoms with Crippen LogP contribution in [0, 0.1) is 6.92 Å². The number of aromatic nitrogens is 2. The van der Waals surface area contributed by atoms with Crippen LogP contribution < -0.4 is 10.5 Å². The van der Waals surface area contributed by atoms with Crippen molar-refractivity contribution in [2.75, 3.05) is 26.2 Å². The van der Waals surface area contributed by atoms with Crippen molar-refractivity contribution < 1.29 is 9.53 Å². The summed E-state index contributed by atoms with van der Waals surface area (Å²) >= 11 is 0. The highest BCUT2D eigenvalue weighted by molar-refractivity contribution is 5.78. The van der Waals surface area contributed by atoms with Crippen LogP contribution in [0.1, 0.15) is 25.2 Å². The number of fused-ring (bicyclic) bond motifs is 1. The minimum Gasteiger partial charge on any atom is -0.480 e. The Morgan fingerprint density at radius 2 is 2.14 bits per heavy atom. The number of carbonyl (C=O) groups excluding carboxylic acids is 1. The molecule has 0 radical (unpaired) electrons. The van der Waals surface area contributed by atoms with Crippen molar-refractivity contribution in [3.05, 3.63) is 29.7 Å². The Bertz CT molecular complexity index is 647. The fourth-order valence-electron chi connectivity index (χ4n) is 2.56. The van der Waals surface area contributed by atoms with Gasteiger partial charge in [-0.2, -0.15) is 0 Å². The SMILES string of the molecule is CCN(CC)C(=O)COc1cccn2c(CCN)c(C)nc12. The zero-order valence-corrected chi connectivity index (χ0v) is 13.5. The Morgan fingerprint density at radius 3 is 2.77 bits per heavy atom. The number of hydrogen-bond donors (Lipinski definition) is 1. The lowest BCUT2D eigenvalue weighted by Gasteiger charge is -2.18. The Hall–Kier alpha value is -2.08. The molecule has 2 aromatic rings. The van der Waals surface area contributed by atoms with Gasteiger partial charge in [0.25, 0.3) is 5.91 Å². The lowest BCUT2D eigenvalue weighted by Crippen LogP contribution is -2.34. The van der Waals surface area contributed by atoms with Crippen molar-refractivity contribution in [1.29, 1.82) is 0 Å². The van der Waals surface area contributed by atoms with Gasteiger partial charge in [0.1, 0.15) is 0 Å². The highest BCUT2D eigenvalue weighted by Gasteiger charge is 2.14. The summed E-state index contributed by atoms with van der Waals surface area (Å²) in [6, 6.07) is 3.73. The standard InChI is InChI=1S/C16H24N4O2/c1-4-19(5-2)15(21)11-22-14-7-6-10-20-13(8-9-17)12(3)18-16(14)20/h6-7,10H,4-5,8-9,11,17H2,1-3H3. The molecule has 2 rings (SSSR count). The maximum Gasteiger partial charge on any atom is 0.260 e. The van der Waals surface area contributed by atoms with Crippen molar-refractivity contribution in [1.82, 2.24) is 14.3 Å². The molecule has 0 spiro atoms. The number of likely N-dealkylation sites (N-methyl/N-ethyl adjacent to an activating group) is 1. The van der Waals surface area contributed by atoms with Crippen molar-refractivity contribution in [2.45, 2.75) is 27.2 Å². The molecule has 6 nitrogen and oxygen atoms in total. The van der Waals surface area contributed by atoms with Crippen LogP contribution in [0.3, 0.4) is 0 Å². The summed E-state index contributed by atoms with van der Waals surface area (Å²) in [6.45, 7) is 7.85. The monoisotopic (exact) mass is 304 g/mol. The molecule has 1 amide bonds. The summed E-state index contributed by atoms with van der Waals surface area (Å²) in [5, 5.41) is 0. The number of amides is 1. The van der Waals surface area contributed by atoms with E-state index in [0.29, 0.717) is 25.4 Å².